The molecule has 0 aliphatic carbocycles. The summed E-state index contributed by atoms with van der Waals surface area (Å²) >= 11 is 0. The lowest BCUT2D eigenvalue weighted by atomic mass is 9.82. The van der Waals surface area contributed by atoms with Gasteiger partial charge in [-0.15, -0.1) is 6.42 Å². The zero-order chi connectivity index (χ0) is 46.3. The van der Waals surface area contributed by atoms with E-state index in [1.807, 2.05) is 33.8 Å². The van der Waals surface area contributed by atoms with E-state index in [4.69, 9.17) is 11.0 Å². The number of fused-ring (bicyclic) bond motifs is 3. The van der Waals surface area contributed by atoms with Crippen LogP contribution in [0.2, 0.25) is 0 Å². The summed E-state index contributed by atoms with van der Waals surface area (Å²) in [6.07, 6.45) is 6.06. The van der Waals surface area contributed by atoms with Gasteiger partial charge < -0.3 is 8.98 Å². The average Bonchev–Trinajstić information content (AvgIpc) is 3.92. The molecular formula is C63H59NO. The second-order valence-corrected chi connectivity index (χ2v) is 15.0. The minimum absolute atomic E-state index is 0.858. The molecule has 2 heterocycles. The van der Waals surface area contributed by atoms with Crippen molar-refractivity contribution < 1.29 is 4.42 Å². The second-order valence-electron chi connectivity index (χ2n) is 15.0. The SMILES string of the molecule is C#CC=C.C=C(/C(C)=C(\C(C)=C(/c1cccc2oc3ccccc3c12)c1c(-c2ccccc2)c(-c2ccccc2)c(-c2ccccc2)n1C)c1ccccc1)c1ccccc1.CC.CC. The van der Waals surface area contributed by atoms with Crippen LogP contribution in [0, 0.1) is 12.3 Å². The maximum Gasteiger partial charge on any atom is 0.136 e. The fourth-order valence-electron chi connectivity index (χ4n) is 8.62. The molecule has 2 nitrogen and oxygen atoms in total. The predicted molar refractivity (Wildman–Crippen MR) is 283 cm³/mol. The van der Waals surface area contributed by atoms with Crippen LogP contribution in [0.1, 0.15) is 63.9 Å². The summed E-state index contributed by atoms with van der Waals surface area (Å²) in [4.78, 5) is 0. The zero-order valence-electron chi connectivity index (χ0n) is 38.9. The molecule has 0 radical (unpaired) electrons. The van der Waals surface area contributed by atoms with E-state index in [9.17, 15) is 0 Å². The highest BCUT2D eigenvalue weighted by Crippen LogP contribution is 2.51. The molecule has 0 spiro atoms. The first kappa shape index (κ1) is 46.6. The third-order valence-corrected chi connectivity index (χ3v) is 11.4. The molecule has 0 fully saturated rings. The normalized spacial score (nSPS) is 11.3. The van der Waals surface area contributed by atoms with E-state index < -0.39 is 0 Å². The van der Waals surface area contributed by atoms with Crippen LogP contribution in [0.15, 0.2) is 229 Å². The largest absolute Gasteiger partial charge is 0.456 e. The third-order valence-electron chi connectivity index (χ3n) is 11.4. The second kappa shape index (κ2) is 22.5. The highest BCUT2D eigenvalue weighted by Gasteiger charge is 2.30. The van der Waals surface area contributed by atoms with Crippen molar-refractivity contribution in [2.75, 3.05) is 0 Å². The fourth-order valence-corrected chi connectivity index (χ4v) is 8.62. The Morgan fingerprint density at radius 3 is 1.52 bits per heavy atom. The number of terminal acetylenes is 1. The van der Waals surface area contributed by atoms with E-state index in [1.54, 1.807) is 0 Å². The van der Waals surface area contributed by atoms with Gasteiger partial charge in [-0.1, -0.05) is 229 Å². The van der Waals surface area contributed by atoms with E-state index in [-0.39, 0.29) is 0 Å². The van der Waals surface area contributed by atoms with E-state index in [0.29, 0.717) is 0 Å². The first-order valence-electron chi connectivity index (χ1n) is 22.5. The number of hydrogen-bond acceptors (Lipinski definition) is 1. The lowest BCUT2D eigenvalue weighted by Gasteiger charge is -2.23. The summed E-state index contributed by atoms with van der Waals surface area (Å²) in [6, 6.07) is 68.8. The van der Waals surface area contributed by atoms with Crippen LogP contribution >= 0.6 is 0 Å². The van der Waals surface area contributed by atoms with Gasteiger partial charge in [0, 0.05) is 34.5 Å². The van der Waals surface area contributed by atoms with E-state index in [2.05, 4.69) is 232 Å². The molecule has 0 amide bonds. The number of furan rings is 1. The highest BCUT2D eigenvalue weighted by atomic mass is 16.3. The van der Waals surface area contributed by atoms with Gasteiger partial charge in [0.2, 0.25) is 0 Å². The van der Waals surface area contributed by atoms with E-state index in [1.165, 1.54) is 17.2 Å². The summed E-state index contributed by atoms with van der Waals surface area (Å²) in [5.41, 5.74) is 18.7. The van der Waals surface area contributed by atoms with Gasteiger partial charge in [-0.3, -0.25) is 0 Å². The molecular weight excluding hydrogens is 787 g/mol. The van der Waals surface area contributed by atoms with Crippen LogP contribution in [0.4, 0.5) is 0 Å². The van der Waals surface area contributed by atoms with Gasteiger partial charge in [0.05, 0.1) is 11.4 Å². The highest BCUT2D eigenvalue weighted by molar-refractivity contribution is 6.15. The summed E-state index contributed by atoms with van der Waals surface area (Å²) in [5, 5.41) is 2.18. The molecule has 322 valence electrons. The molecule has 0 atom stereocenters. The monoisotopic (exact) mass is 845 g/mol. The van der Waals surface area contributed by atoms with Crippen molar-refractivity contribution in [1.29, 1.82) is 0 Å². The van der Waals surface area contributed by atoms with Gasteiger partial charge in [-0.05, 0) is 87.7 Å². The van der Waals surface area contributed by atoms with Crippen molar-refractivity contribution in [1.82, 2.24) is 4.57 Å². The Bertz CT molecular complexity index is 3100. The molecule has 7 aromatic carbocycles. The molecule has 0 aliphatic rings. The summed E-state index contributed by atoms with van der Waals surface area (Å²) in [6.45, 7) is 20.5. The summed E-state index contributed by atoms with van der Waals surface area (Å²) < 4.78 is 9.04. The number of nitrogens with zero attached hydrogens (tertiary/aromatic N) is 1. The zero-order valence-corrected chi connectivity index (χ0v) is 38.9. The Balaban J connectivity index is 0.000000821. The van der Waals surface area contributed by atoms with Crippen molar-refractivity contribution >= 4 is 38.7 Å². The van der Waals surface area contributed by atoms with Gasteiger partial charge in [0.15, 0.2) is 0 Å². The standard InChI is InChI=1S/C55H43NO.C4H4.2C2H6/c1-37(40-23-10-5-11-24-40)38(2)49(41-25-12-6-13-26-41)39(3)50(46-34-22-36-48-53(46)45-33-20-21-35-47(45)57-48)55-52(43-29-16-8-17-30-43)51(42-27-14-7-15-28-42)54(56(55)4)44-31-18-9-19-32-44;1-3-4-2;2*1-2/h5-36H,1H2,2-4H3;1,4H,2H2;2*1-2H3/b49-38+,50-39+;;;. The molecule has 0 unspecified atom stereocenters. The minimum atomic E-state index is 0.858. The van der Waals surface area contributed by atoms with Crippen LogP contribution in [0.25, 0.3) is 72.2 Å². The molecule has 0 bridgehead atoms. The maximum atomic E-state index is 6.60. The number of para-hydroxylation sites is 1. The van der Waals surface area contributed by atoms with E-state index in [0.717, 1.165) is 94.6 Å². The van der Waals surface area contributed by atoms with Crippen molar-refractivity contribution in [2.45, 2.75) is 41.5 Å². The quantitative estimate of drug-likeness (QED) is 0.105. The van der Waals surface area contributed by atoms with Gasteiger partial charge in [-0.25, -0.2) is 0 Å². The van der Waals surface area contributed by atoms with Crippen LogP contribution in [-0.4, -0.2) is 4.57 Å². The molecule has 2 heteroatoms. The molecule has 65 heavy (non-hydrogen) atoms. The van der Waals surface area contributed by atoms with Crippen LogP contribution in [-0.2, 0) is 7.05 Å². The van der Waals surface area contributed by atoms with E-state index >= 15 is 0 Å². The Hall–Kier alpha value is -7.86. The smallest absolute Gasteiger partial charge is 0.136 e. The molecule has 9 rings (SSSR count). The maximum absolute atomic E-state index is 6.60. The lowest BCUT2D eigenvalue weighted by molar-refractivity contribution is 0.669. The topological polar surface area (TPSA) is 18.1 Å². The first-order valence-corrected chi connectivity index (χ1v) is 22.5. The predicted octanol–water partition coefficient (Wildman–Crippen LogP) is 17.8. The molecule has 0 saturated heterocycles. The fraction of sp³-hybridized carbons (Fsp3) is 0.111. The summed E-state index contributed by atoms with van der Waals surface area (Å²) in [7, 11) is 2.24. The molecule has 0 saturated carbocycles. The van der Waals surface area contributed by atoms with Crippen molar-refractivity contribution in [3.05, 3.63) is 247 Å². The molecule has 0 aliphatic heterocycles. The Morgan fingerprint density at radius 2 is 0.985 bits per heavy atom. The Kier molecular flexibility index (Phi) is 16.1. The van der Waals surface area contributed by atoms with Crippen LogP contribution in [0.5, 0.6) is 0 Å². The number of hydrogen-bond donors (Lipinski definition) is 0. The number of benzene rings is 7. The molecule has 0 N–H and O–H groups in total. The average molecular weight is 846 g/mol. The van der Waals surface area contributed by atoms with Crippen molar-refractivity contribution in [2.24, 2.45) is 7.05 Å². The van der Waals surface area contributed by atoms with Gasteiger partial charge in [0.1, 0.15) is 11.2 Å². The van der Waals surface area contributed by atoms with Crippen LogP contribution in [0.3, 0.4) is 0 Å². The van der Waals surface area contributed by atoms with Gasteiger partial charge in [0.25, 0.3) is 0 Å². The Morgan fingerprint density at radius 1 is 0.538 bits per heavy atom. The summed E-state index contributed by atoms with van der Waals surface area (Å²) in [5.74, 6) is 2.19. The van der Waals surface area contributed by atoms with Crippen LogP contribution < -0.4 is 0 Å². The molecule has 9 aromatic rings. The van der Waals surface area contributed by atoms with Gasteiger partial charge in [-0.2, -0.15) is 0 Å². The minimum Gasteiger partial charge on any atom is -0.456 e. The number of aromatic nitrogens is 1. The lowest BCUT2D eigenvalue weighted by Crippen LogP contribution is -2.05. The van der Waals surface area contributed by atoms with Crippen molar-refractivity contribution in [3.63, 3.8) is 0 Å². The first-order chi connectivity index (χ1) is 31.9. The van der Waals surface area contributed by atoms with Crippen molar-refractivity contribution in [3.8, 4) is 45.9 Å². The molecule has 2 aromatic heterocycles. The third kappa shape index (κ3) is 9.72. The van der Waals surface area contributed by atoms with Gasteiger partial charge >= 0.3 is 0 Å². The number of allylic oxidation sites excluding steroid dienone is 5. The number of rotatable bonds is 9. The Labute approximate surface area is 387 Å².